The molecule has 1 unspecified atom stereocenters. The van der Waals surface area contributed by atoms with Crippen LogP contribution in [0.4, 0.5) is 0 Å². The second kappa shape index (κ2) is 4.82. The SMILES string of the molecule is CCC(N)C(=O)N1CCC(C)(C(=O)O)CC1. The molecule has 1 heterocycles. The summed E-state index contributed by atoms with van der Waals surface area (Å²) in [5.41, 5.74) is 4.98. The molecular weight excluding hydrogens is 208 g/mol. The van der Waals surface area contributed by atoms with Crippen LogP contribution in [-0.2, 0) is 9.59 Å². The fourth-order valence-corrected chi connectivity index (χ4v) is 1.84. The lowest BCUT2D eigenvalue weighted by Gasteiger charge is -2.37. The van der Waals surface area contributed by atoms with Gasteiger partial charge in [-0.2, -0.15) is 0 Å². The number of nitrogens with zero attached hydrogens (tertiary/aromatic N) is 1. The zero-order valence-electron chi connectivity index (χ0n) is 9.90. The topological polar surface area (TPSA) is 83.6 Å². The van der Waals surface area contributed by atoms with E-state index in [1.807, 2.05) is 6.92 Å². The van der Waals surface area contributed by atoms with E-state index in [0.29, 0.717) is 32.4 Å². The summed E-state index contributed by atoms with van der Waals surface area (Å²) in [7, 11) is 0. The quantitative estimate of drug-likeness (QED) is 0.734. The zero-order chi connectivity index (χ0) is 12.3. The molecule has 1 fully saturated rings. The van der Waals surface area contributed by atoms with Crippen molar-refractivity contribution >= 4 is 11.9 Å². The molecule has 0 bridgehead atoms. The lowest BCUT2D eigenvalue weighted by Crippen LogP contribution is -2.50. The first-order valence-electron chi connectivity index (χ1n) is 5.68. The highest BCUT2D eigenvalue weighted by atomic mass is 16.4. The number of amides is 1. The van der Waals surface area contributed by atoms with Gasteiger partial charge in [0.1, 0.15) is 0 Å². The minimum atomic E-state index is -0.778. The highest BCUT2D eigenvalue weighted by molar-refractivity contribution is 5.82. The molecule has 0 aromatic rings. The minimum absolute atomic E-state index is 0.0602. The van der Waals surface area contributed by atoms with Crippen LogP contribution in [0.15, 0.2) is 0 Å². The van der Waals surface area contributed by atoms with Gasteiger partial charge in [0.2, 0.25) is 5.91 Å². The number of carbonyl (C=O) groups excluding carboxylic acids is 1. The van der Waals surface area contributed by atoms with Crippen LogP contribution in [0.1, 0.15) is 33.1 Å². The van der Waals surface area contributed by atoms with E-state index < -0.39 is 17.4 Å². The van der Waals surface area contributed by atoms with Crippen LogP contribution < -0.4 is 5.73 Å². The van der Waals surface area contributed by atoms with Gasteiger partial charge in [0.15, 0.2) is 0 Å². The molecule has 0 saturated carbocycles. The number of likely N-dealkylation sites (tertiary alicyclic amines) is 1. The van der Waals surface area contributed by atoms with Crippen molar-refractivity contribution in [2.24, 2.45) is 11.1 Å². The highest BCUT2D eigenvalue weighted by Crippen LogP contribution is 2.31. The Morgan fingerprint density at radius 3 is 2.31 bits per heavy atom. The van der Waals surface area contributed by atoms with E-state index in [0.717, 1.165) is 0 Å². The molecule has 0 radical (unpaired) electrons. The summed E-state index contributed by atoms with van der Waals surface area (Å²) in [6.45, 7) is 4.59. The Kier molecular flexibility index (Phi) is 3.91. The lowest BCUT2D eigenvalue weighted by molar-refractivity contribution is -0.153. The number of piperidine rings is 1. The maximum Gasteiger partial charge on any atom is 0.309 e. The summed E-state index contributed by atoms with van der Waals surface area (Å²) in [6, 6.07) is -0.450. The first-order chi connectivity index (χ1) is 7.40. The maximum absolute atomic E-state index is 11.8. The van der Waals surface area contributed by atoms with Crippen LogP contribution in [0.25, 0.3) is 0 Å². The standard InChI is InChI=1S/C11H20N2O3/c1-3-8(12)9(14)13-6-4-11(2,5-7-13)10(15)16/h8H,3-7,12H2,1-2H3,(H,15,16). The molecule has 1 aliphatic rings. The van der Waals surface area contributed by atoms with Gasteiger partial charge in [-0.25, -0.2) is 0 Å². The van der Waals surface area contributed by atoms with Gasteiger partial charge in [0.05, 0.1) is 11.5 Å². The molecule has 5 nitrogen and oxygen atoms in total. The third-order valence-electron chi connectivity index (χ3n) is 3.45. The number of carboxylic acids is 1. The smallest absolute Gasteiger partial charge is 0.309 e. The predicted molar refractivity (Wildman–Crippen MR) is 59.8 cm³/mol. The largest absolute Gasteiger partial charge is 0.481 e. The first kappa shape index (κ1) is 13.0. The third-order valence-corrected chi connectivity index (χ3v) is 3.45. The van der Waals surface area contributed by atoms with E-state index in [2.05, 4.69) is 0 Å². The minimum Gasteiger partial charge on any atom is -0.481 e. The summed E-state index contributed by atoms with van der Waals surface area (Å²) in [5, 5.41) is 9.05. The van der Waals surface area contributed by atoms with Crippen LogP contribution in [-0.4, -0.2) is 41.0 Å². The summed E-state index contributed by atoms with van der Waals surface area (Å²) in [6.07, 6.45) is 1.63. The van der Waals surface area contributed by atoms with Crippen LogP contribution in [0.2, 0.25) is 0 Å². The van der Waals surface area contributed by atoms with Crippen molar-refractivity contribution < 1.29 is 14.7 Å². The molecule has 1 rings (SSSR count). The van der Waals surface area contributed by atoms with Gasteiger partial charge in [0, 0.05) is 13.1 Å². The molecule has 5 heteroatoms. The molecule has 0 aliphatic carbocycles. The molecule has 0 aromatic heterocycles. The number of hydrogen-bond acceptors (Lipinski definition) is 3. The summed E-state index contributed by atoms with van der Waals surface area (Å²) in [5.74, 6) is -0.839. The molecule has 0 aromatic carbocycles. The molecule has 1 atom stereocenters. The van der Waals surface area contributed by atoms with Gasteiger partial charge in [-0.3, -0.25) is 9.59 Å². The molecule has 1 aliphatic heterocycles. The van der Waals surface area contributed by atoms with Crippen LogP contribution in [0.5, 0.6) is 0 Å². The fourth-order valence-electron chi connectivity index (χ4n) is 1.84. The Labute approximate surface area is 95.6 Å². The molecule has 92 valence electrons. The van der Waals surface area contributed by atoms with Crippen molar-refractivity contribution in [1.82, 2.24) is 4.90 Å². The lowest BCUT2D eigenvalue weighted by atomic mass is 9.80. The fraction of sp³-hybridized carbons (Fsp3) is 0.818. The first-order valence-corrected chi connectivity index (χ1v) is 5.68. The number of hydrogen-bond donors (Lipinski definition) is 2. The normalized spacial score (nSPS) is 21.6. The van der Waals surface area contributed by atoms with E-state index in [1.54, 1.807) is 11.8 Å². The average Bonchev–Trinajstić information content (AvgIpc) is 2.28. The Bertz CT molecular complexity index is 283. The van der Waals surface area contributed by atoms with Gasteiger partial charge in [-0.1, -0.05) is 6.92 Å². The Morgan fingerprint density at radius 1 is 1.44 bits per heavy atom. The number of nitrogens with two attached hydrogens (primary N) is 1. The Morgan fingerprint density at radius 2 is 1.94 bits per heavy atom. The Hall–Kier alpha value is -1.10. The van der Waals surface area contributed by atoms with Crippen molar-refractivity contribution in [1.29, 1.82) is 0 Å². The molecule has 1 saturated heterocycles. The average molecular weight is 228 g/mol. The summed E-state index contributed by atoms with van der Waals surface area (Å²) >= 11 is 0. The second-order valence-electron chi connectivity index (χ2n) is 4.71. The van der Waals surface area contributed by atoms with Gasteiger partial charge in [-0.05, 0) is 26.2 Å². The van der Waals surface area contributed by atoms with Crippen molar-refractivity contribution in [2.45, 2.75) is 39.2 Å². The van der Waals surface area contributed by atoms with Crippen LogP contribution in [0.3, 0.4) is 0 Å². The van der Waals surface area contributed by atoms with Crippen molar-refractivity contribution in [3.63, 3.8) is 0 Å². The molecule has 3 N–H and O–H groups in total. The number of rotatable bonds is 3. The summed E-state index contributed by atoms with van der Waals surface area (Å²) < 4.78 is 0. The van der Waals surface area contributed by atoms with E-state index in [9.17, 15) is 9.59 Å². The van der Waals surface area contributed by atoms with Gasteiger partial charge in [0.25, 0.3) is 0 Å². The predicted octanol–water partition coefficient (Wildman–Crippen LogP) is 0.437. The zero-order valence-corrected chi connectivity index (χ0v) is 9.90. The third kappa shape index (κ3) is 2.52. The summed E-state index contributed by atoms with van der Waals surface area (Å²) in [4.78, 5) is 24.5. The number of carboxylic acid groups (broad SMARTS) is 1. The molecule has 1 amide bonds. The van der Waals surface area contributed by atoms with Gasteiger partial charge in [-0.15, -0.1) is 0 Å². The van der Waals surface area contributed by atoms with Crippen LogP contribution >= 0.6 is 0 Å². The van der Waals surface area contributed by atoms with E-state index in [-0.39, 0.29) is 5.91 Å². The van der Waals surface area contributed by atoms with Gasteiger partial charge >= 0.3 is 5.97 Å². The second-order valence-corrected chi connectivity index (χ2v) is 4.71. The molecular formula is C11H20N2O3. The number of aliphatic carboxylic acids is 1. The van der Waals surface area contributed by atoms with E-state index >= 15 is 0 Å². The molecule has 16 heavy (non-hydrogen) atoms. The maximum atomic E-state index is 11.8. The number of carbonyl (C=O) groups is 2. The van der Waals surface area contributed by atoms with Crippen LogP contribution in [0, 0.1) is 5.41 Å². The van der Waals surface area contributed by atoms with Crippen molar-refractivity contribution in [3.05, 3.63) is 0 Å². The monoisotopic (exact) mass is 228 g/mol. The van der Waals surface area contributed by atoms with Crippen molar-refractivity contribution in [2.75, 3.05) is 13.1 Å². The van der Waals surface area contributed by atoms with Gasteiger partial charge < -0.3 is 15.7 Å². The Balaban J connectivity index is 2.55. The van der Waals surface area contributed by atoms with Crippen molar-refractivity contribution in [3.8, 4) is 0 Å². The van der Waals surface area contributed by atoms with E-state index in [4.69, 9.17) is 10.8 Å². The van der Waals surface area contributed by atoms with E-state index in [1.165, 1.54) is 0 Å². The highest BCUT2D eigenvalue weighted by Gasteiger charge is 2.38. The molecule has 0 spiro atoms.